The molecule has 7 nitrogen and oxygen atoms in total. The van der Waals surface area contributed by atoms with E-state index in [1.807, 2.05) is 6.07 Å². The number of benzene rings is 1. The van der Waals surface area contributed by atoms with Crippen LogP contribution in [0.3, 0.4) is 0 Å². The van der Waals surface area contributed by atoms with Gasteiger partial charge in [-0.15, -0.1) is 0 Å². The number of hydrogen-bond acceptors (Lipinski definition) is 6. The van der Waals surface area contributed by atoms with Crippen LogP contribution in [0.1, 0.15) is 67.8 Å². The zero-order chi connectivity index (χ0) is 24.0. The van der Waals surface area contributed by atoms with Gasteiger partial charge in [0, 0.05) is 35.8 Å². The number of aromatic nitrogens is 1. The Morgan fingerprint density at radius 1 is 1.14 bits per heavy atom. The van der Waals surface area contributed by atoms with Crippen LogP contribution in [0.5, 0.6) is 0 Å². The number of carbonyl (C=O) groups is 1. The van der Waals surface area contributed by atoms with Gasteiger partial charge in [-0.25, -0.2) is 4.98 Å². The van der Waals surface area contributed by atoms with Crippen molar-refractivity contribution in [3.8, 4) is 11.1 Å². The Bertz CT molecular complexity index is 1170. The number of nitrogens with two attached hydrogens (primary N) is 1. The first-order valence-electron chi connectivity index (χ1n) is 13.1. The van der Waals surface area contributed by atoms with E-state index in [0.29, 0.717) is 17.9 Å². The van der Waals surface area contributed by atoms with Gasteiger partial charge >= 0.3 is 0 Å². The number of hydrogen-bond donors (Lipinski definition) is 3. The van der Waals surface area contributed by atoms with Gasteiger partial charge in [0.2, 0.25) is 0 Å². The van der Waals surface area contributed by atoms with Crippen molar-refractivity contribution in [2.45, 2.75) is 80.8 Å². The van der Waals surface area contributed by atoms with Crippen molar-refractivity contribution >= 4 is 11.7 Å². The van der Waals surface area contributed by atoms with Crippen molar-refractivity contribution < 1.29 is 14.6 Å². The Morgan fingerprint density at radius 3 is 2.49 bits per heavy atom. The topological polar surface area (TPSA) is 104 Å². The average molecular weight is 475 g/mol. The Hall–Kier alpha value is -2.48. The normalized spacial score (nSPS) is 39.3. The number of rotatable bonds is 5. The first-order valence-corrected chi connectivity index (χ1v) is 13.1. The zero-order valence-electron chi connectivity index (χ0n) is 20.3. The lowest BCUT2D eigenvalue weighted by atomic mass is 9.63. The minimum Gasteiger partial charge on any atom is -0.390 e. The molecule has 8 rings (SSSR count). The molecule has 7 heteroatoms. The zero-order valence-corrected chi connectivity index (χ0v) is 20.3. The average Bonchev–Trinajstić information content (AvgIpc) is 3.75. The third-order valence-electron chi connectivity index (χ3n) is 9.75. The number of epoxide rings is 1. The first-order chi connectivity index (χ1) is 16.8. The molecule has 3 heterocycles. The van der Waals surface area contributed by atoms with Crippen LogP contribution >= 0.6 is 0 Å². The van der Waals surface area contributed by atoms with E-state index < -0.39 is 5.60 Å². The Labute approximate surface area is 206 Å². The number of amides is 1. The van der Waals surface area contributed by atoms with E-state index in [1.165, 1.54) is 12.0 Å². The largest absolute Gasteiger partial charge is 0.390 e. The number of piperidine rings is 1. The molecule has 4 N–H and O–H groups in total. The van der Waals surface area contributed by atoms with Gasteiger partial charge in [0.15, 0.2) is 0 Å². The lowest BCUT2D eigenvalue weighted by Gasteiger charge is -2.51. The highest BCUT2D eigenvalue weighted by atomic mass is 16.6. The number of likely N-dealkylation sites (tertiary alicyclic amines) is 1. The molecule has 2 saturated heterocycles. The standard InChI is InChI=1S/C28H34N4O3/c1-17-25(35-17)32-15-21-13-28(21,16-32)20-4-2-18(3-5-20)19-12-22(23(29)30-14-19)24(33)31-26-6-9-27(34,10-7-26)11-8-26/h2-5,12,14,17,21,25,34H,6-11,13,15-16H2,1H3,(H2,29,30)(H,31,33)/t17?,21-,25?,26?,27?,28+/m1/s1. The van der Waals surface area contributed by atoms with E-state index in [4.69, 9.17) is 10.5 Å². The summed E-state index contributed by atoms with van der Waals surface area (Å²) in [6, 6.07) is 10.7. The van der Waals surface area contributed by atoms with Crippen LogP contribution in [0.25, 0.3) is 11.1 Å². The minimum atomic E-state index is -0.528. The number of carbonyl (C=O) groups excluding carboxylic acids is 1. The molecule has 4 aliphatic carbocycles. The van der Waals surface area contributed by atoms with Gasteiger partial charge in [-0.2, -0.15) is 0 Å². The van der Waals surface area contributed by atoms with Gasteiger partial charge in [-0.1, -0.05) is 24.3 Å². The van der Waals surface area contributed by atoms with Crippen molar-refractivity contribution in [2.24, 2.45) is 5.92 Å². The highest BCUT2D eigenvalue weighted by Gasteiger charge is 2.63. The van der Waals surface area contributed by atoms with Gasteiger partial charge in [-0.05, 0) is 75.0 Å². The lowest BCUT2D eigenvalue weighted by molar-refractivity contribution is -0.0702. The van der Waals surface area contributed by atoms with Crippen LogP contribution in [0.15, 0.2) is 36.5 Å². The smallest absolute Gasteiger partial charge is 0.255 e. The quantitative estimate of drug-likeness (QED) is 0.575. The van der Waals surface area contributed by atoms with E-state index in [0.717, 1.165) is 68.7 Å². The van der Waals surface area contributed by atoms with Gasteiger partial charge < -0.3 is 20.9 Å². The molecule has 35 heavy (non-hydrogen) atoms. The van der Waals surface area contributed by atoms with Gasteiger partial charge in [-0.3, -0.25) is 9.69 Å². The third kappa shape index (κ3) is 3.51. The number of aliphatic hydroxyl groups is 1. The predicted octanol–water partition coefficient (Wildman–Crippen LogP) is 3.22. The Morgan fingerprint density at radius 2 is 1.83 bits per heavy atom. The summed E-state index contributed by atoms with van der Waals surface area (Å²) in [6.07, 6.45) is 8.40. The number of nitrogens with zero attached hydrogens (tertiary/aromatic N) is 2. The second-order valence-corrected chi connectivity index (χ2v) is 11.9. The van der Waals surface area contributed by atoms with Crippen molar-refractivity contribution in [3.05, 3.63) is 47.7 Å². The number of pyridine rings is 1. The van der Waals surface area contributed by atoms with Gasteiger partial charge in [0.1, 0.15) is 12.0 Å². The molecule has 0 spiro atoms. The molecule has 1 amide bonds. The van der Waals surface area contributed by atoms with E-state index in [-0.39, 0.29) is 22.7 Å². The lowest BCUT2D eigenvalue weighted by Crippen LogP contribution is -2.58. The van der Waals surface area contributed by atoms with Crippen LogP contribution in [0, 0.1) is 5.92 Å². The first kappa shape index (κ1) is 21.8. The van der Waals surface area contributed by atoms with Crippen molar-refractivity contribution in [2.75, 3.05) is 18.8 Å². The summed E-state index contributed by atoms with van der Waals surface area (Å²) in [5, 5.41) is 13.8. The molecule has 184 valence electrons. The Kier molecular flexibility index (Phi) is 4.53. The fourth-order valence-electron chi connectivity index (χ4n) is 7.19. The maximum absolute atomic E-state index is 13.3. The number of ether oxygens (including phenoxy) is 1. The van der Waals surface area contributed by atoms with Crippen LogP contribution < -0.4 is 11.1 Å². The monoisotopic (exact) mass is 474 g/mol. The van der Waals surface area contributed by atoms with Crippen LogP contribution in [0.2, 0.25) is 0 Å². The summed E-state index contributed by atoms with van der Waals surface area (Å²) >= 11 is 0. The summed E-state index contributed by atoms with van der Waals surface area (Å²) in [6.45, 7) is 4.37. The van der Waals surface area contributed by atoms with Crippen molar-refractivity contribution in [1.82, 2.24) is 15.2 Å². The third-order valence-corrected chi connectivity index (χ3v) is 9.75. The molecule has 0 radical (unpaired) electrons. The fourth-order valence-corrected chi connectivity index (χ4v) is 7.19. The minimum absolute atomic E-state index is 0.164. The van der Waals surface area contributed by atoms with E-state index in [1.54, 1.807) is 6.20 Å². The molecule has 2 unspecified atom stereocenters. The predicted molar refractivity (Wildman–Crippen MR) is 133 cm³/mol. The SMILES string of the molecule is CC1OC1N1C[C@H]2C[C@@]2(c2ccc(-c3cnc(N)c(C(=O)NC45CCC(O)(CC4)CC5)c3)cc2)C1. The molecule has 1 aromatic carbocycles. The van der Waals surface area contributed by atoms with E-state index >= 15 is 0 Å². The molecular weight excluding hydrogens is 440 g/mol. The van der Waals surface area contributed by atoms with E-state index in [9.17, 15) is 9.90 Å². The molecule has 2 aliphatic heterocycles. The second kappa shape index (κ2) is 7.28. The number of anilines is 1. The Balaban J connectivity index is 1.08. The van der Waals surface area contributed by atoms with Crippen LogP contribution in [-0.4, -0.2) is 57.5 Å². The van der Waals surface area contributed by atoms with E-state index in [2.05, 4.69) is 46.4 Å². The number of nitrogen functional groups attached to an aromatic ring is 1. The van der Waals surface area contributed by atoms with Crippen LogP contribution in [0.4, 0.5) is 5.82 Å². The highest BCUT2D eigenvalue weighted by molar-refractivity contribution is 5.99. The van der Waals surface area contributed by atoms with Crippen molar-refractivity contribution in [3.63, 3.8) is 0 Å². The number of fused-ring (bicyclic) bond motifs is 4. The van der Waals surface area contributed by atoms with Gasteiger partial charge in [0.25, 0.3) is 5.91 Å². The van der Waals surface area contributed by atoms with Crippen LogP contribution in [-0.2, 0) is 10.2 Å². The fraction of sp³-hybridized carbons (Fsp3) is 0.571. The molecule has 2 bridgehead atoms. The highest BCUT2D eigenvalue weighted by Crippen LogP contribution is 2.60. The second-order valence-electron chi connectivity index (χ2n) is 11.9. The van der Waals surface area contributed by atoms with Gasteiger partial charge in [0.05, 0.1) is 17.3 Å². The number of nitrogens with one attached hydrogen (secondary N) is 1. The molecule has 4 atom stereocenters. The van der Waals surface area contributed by atoms with Crippen molar-refractivity contribution in [1.29, 1.82) is 0 Å². The molecular formula is C28H34N4O3. The summed E-state index contributed by atoms with van der Waals surface area (Å²) < 4.78 is 5.70. The maximum Gasteiger partial charge on any atom is 0.255 e. The molecule has 1 aromatic heterocycles. The maximum atomic E-state index is 13.3. The summed E-state index contributed by atoms with van der Waals surface area (Å²) in [5.74, 6) is 0.820. The molecule has 2 aromatic rings. The summed E-state index contributed by atoms with van der Waals surface area (Å²) in [4.78, 5) is 20.1. The molecule has 4 saturated carbocycles. The summed E-state index contributed by atoms with van der Waals surface area (Å²) in [5.41, 5.74) is 9.43. The molecule has 6 fully saturated rings. The molecule has 6 aliphatic rings. The summed E-state index contributed by atoms with van der Waals surface area (Å²) in [7, 11) is 0.